The molecule has 1 aliphatic heterocycles. The molecule has 0 unspecified atom stereocenters. The van der Waals surface area contributed by atoms with Gasteiger partial charge in [-0.2, -0.15) is 0 Å². The van der Waals surface area contributed by atoms with Crippen LogP contribution in [0, 0.1) is 0 Å². The SMILES string of the molecule is c1ccc2c3c(sc2c1)Nc1c(sc2ccccc12)C3. The summed E-state index contributed by atoms with van der Waals surface area (Å²) in [5.41, 5.74) is 2.79. The maximum Gasteiger partial charge on any atom is 0.0975 e. The highest BCUT2D eigenvalue weighted by molar-refractivity contribution is 7.23. The minimum absolute atomic E-state index is 1.06. The molecule has 0 amide bonds. The van der Waals surface area contributed by atoms with Crippen LogP contribution in [0.5, 0.6) is 0 Å². The summed E-state index contributed by atoms with van der Waals surface area (Å²) in [6.07, 6.45) is 1.06. The molecule has 2 aromatic carbocycles. The summed E-state index contributed by atoms with van der Waals surface area (Å²) in [5, 5.41) is 7.77. The normalized spacial score (nSPS) is 13.2. The molecule has 0 radical (unpaired) electrons. The molecule has 0 fully saturated rings. The molecule has 0 saturated carbocycles. The van der Waals surface area contributed by atoms with Gasteiger partial charge in [0.05, 0.1) is 10.7 Å². The molecular formula is C17H11NS2. The predicted molar refractivity (Wildman–Crippen MR) is 89.7 cm³/mol. The zero-order chi connectivity index (χ0) is 13.1. The van der Waals surface area contributed by atoms with E-state index in [0.717, 1.165) is 6.42 Å². The van der Waals surface area contributed by atoms with Crippen molar-refractivity contribution >= 4 is 53.5 Å². The van der Waals surface area contributed by atoms with Crippen molar-refractivity contribution in [2.24, 2.45) is 0 Å². The molecule has 2 aromatic heterocycles. The lowest BCUT2D eigenvalue weighted by atomic mass is 10.0. The van der Waals surface area contributed by atoms with E-state index < -0.39 is 0 Å². The molecule has 3 heterocycles. The lowest BCUT2D eigenvalue weighted by molar-refractivity contribution is 1.25. The third-order valence-electron chi connectivity index (χ3n) is 3.94. The summed E-state index contributed by atoms with van der Waals surface area (Å²) in [4.78, 5) is 1.46. The van der Waals surface area contributed by atoms with Crippen LogP contribution in [-0.4, -0.2) is 0 Å². The van der Waals surface area contributed by atoms with Gasteiger partial charge in [-0.3, -0.25) is 0 Å². The quantitative estimate of drug-likeness (QED) is 0.382. The summed E-state index contributed by atoms with van der Waals surface area (Å²) in [6, 6.07) is 17.4. The Morgan fingerprint density at radius 1 is 0.800 bits per heavy atom. The number of hydrogen-bond acceptors (Lipinski definition) is 3. The molecule has 4 aromatic rings. The van der Waals surface area contributed by atoms with Crippen molar-refractivity contribution in [3.63, 3.8) is 0 Å². The molecule has 96 valence electrons. The Labute approximate surface area is 124 Å². The first-order valence-electron chi connectivity index (χ1n) is 6.68. The fourth-order valence-electron chi connectivity index (χ4n) is 3.01. The number of hydrogen-bond donors (Lipinski definition) is 1. The van der Waals surface area contributed by atoms with Crippen molar-refractivity contribution in [3.8, 4) is 0 Å². The Morgan fingerprint density at radius 3 is 2.35 bits per heavy atom. The van der Waals surface area contributed by atoms with E-state index >= 15 is 0 Å². The minimum atomic E-state index is 1.06. The van der Waals surface area contributed by atoms with Gasteiger partial charge in [0.2, 0.25) is 0 Å². The Bertz CT molecular complexity index is 882. The van der Waals surface area contributed by atoms with Crippen LogP contribution in [0.15, 0.2) is 48.5 Å². The van der Waals surface area contributed by atoms with Gasteiger partial charge in [-0.25, -0.2) is 0 Å². The number of anilines is 2. The van der Waals surface area contributed by atoms with Crippen LogP contribution >= 0.6 is 22.7 Å². The van der Waals surface area contributed by atoms with Gasteiger partial charge < -0.3 is 5.32 Å². The summed E-state index contributed by atoms with van der Waals surface area (Å²) in [5.74, 6) is 0. The first-order valence-corrected chi connectivity index (χ1v) is 8.31. The van der Waals surface area contributed by atoms with Gasteiger partial charge in [0.15, 0.2) is 0 Å². The molecule has 0 bridgehead atoms. The fraction of sp³-hybridized carbons (Fsp3) is 0.0588. The maximum absolute atomic E-state index is 3.68. The Morgan fingerprint density at radius 2 is 1.50 bits per heavy atom. The predicted octanol–water partition coefficient (Wildman–Crippen LogP) is 5.76. The Kier molecular flexibility index (Phi) is 2.09. The number of thiophene rings is 2. The second kappa shape index (κ2) is 3.84. The number of rotatable bonds is 0. The van der Waals surface area contributed by atoms with Gasteiger partial charge >= 0.3 is 0 Å². The van der Waals surface area contributed by atoms with Crippen molar-refractivity contribution in [2.45, 2.75) is 6.42 Å². The van der Waals surface area contributed by atoms with E-state index in [2.05, 4.69) is 53.8 Å². The highest BCUT2D eigenvalue weighted by atomic mass is 32.1. The lowest BCUT2D eigenvalue weighted by Crippen LogP contribution is -2.01. The molecule has 3 heteroatoms. The minimum Gasteiger partial charge on any atom is -0.346 e. The van der Waals surface area contributed by atoms with Gasteiger partial charge in [-0.15, -0.1) is 22.7 Å². The van der Waals surface area contributed by atoms with Gasteiger partial charge in [0.25, 0.3) is 0 Å². The zero-order valence-electron chi connectivity index (χ0n) is 10.6. The third-order valence-corrected chi connectivity index (χ3v) is 6.24. The van der Waals surface area contributed by atoms with E-state index in [-0.39, 0.29) is 0 Å². The second-order valence-corrected chi connectivity index (χ2v) is 7.29. The standard InChI is InChI=1S/C17H11NS2/c1-3-7-13-10(5-1)12-9-15-16(18-17(12)20-13)11-6-2-4-8-14(11)19-15/h1-8,18H,9H2. The Hall–Kier alpha value is -1.84. The molecule has 0 atom stereocenters. The summed E-state index contributed by atoms with van der Waals surface area (Å²) in [7, 11) is 0. The summed E-state index contributed by atoms with van der Waals surface area (Å²) < 4.78 is 2.76. The number of nitrogens with one attached hydrogen (secondary N) is 1. The molecular weight excluding hydrogens is 282 g/mol. The van der Waals surface area contributed by atoms with Crippen molar-refractivity contribution in [1.82, 2.24) is 0 Å². The van der Waals surface area contributed by atoms with E-state index in [4.69, 9.17) is 0 Å². The van der Waals surface area contributed by atoms with Crippen LogP contribution in [0.25, 0.3) is 20.2 Å². The van der Waals surface area contributed by atoms with Crippen LogP contribution in [0.1, 0.15) is 10.4 Å². The third kappa shape index (κ3) is 1.37. The van der Waals surface area contributed by atoms with Gasteiger partial charge in [0, 0.05) is 26.1 Å². The summed E-state index contributed by atoms with van der Waals surface area (Å²) >= 11 is 3.79. The molecule has 20 heavy (non-hydrogen) atoms. The maximum atomic E-state index is 3.68. The van der Waals surface area contributed by atoms with Crippen molar-refractivity contribution in [1.29, 1.82) is 0 Å². The molecule has 0 spiro atoms. The largest absolute Gasteiger partial charge is 0.346 e. The topological polar surface area (TPSA) is 12.0 Å². The number of benzene rings is 2. The fourth-order valence-corrected chi connectivity index (χ4v) is 5.30. The molecule has 1 N–H and O–H groups in total. The summed E-state index contributed by atoms with van der Waals surface area (Å²) in [6.45, 7) is 0. The van der Waals surface area contributed by atoms with Gasteiger partial charge in [0.1, 0.15) is 0 Å². The first kappa shape index (κ1) is 10.9. The smallest absolute Gasteiger partial charge is 0.0975 e. The van der Waals surface area contributed by atoms with E-state index in [1.54, 1.807) is 0 Å². The van der Waals surface area contributed by atoms with Crippen LogP contribution < -0.4 is 5.32 Å². The molecule has 0 saturated heterocycles. The van der Waals surface area contributed by atoms with Crippen LogP contribution in [0.2, 0.25) is 0 Å². The van der Waals surface area contributed by atoms with Gasteiger partial charge in [-0.05, 0) is 23.1 Å². The molecule has 1 nitrogen and oxygen atoms in total. The molecule has 0 aliphatic carbocycles. The van der Waals surface area contributed by atoms with Crippen LogP contribution in [0.3, 0.4) is 0 Å². The van der Waals surface area contributed by atoms with E-state index in [1.807, 2.05) is 22.7 Å². The first-order chi connectivity index (χ1) is 9.90. The monoisotopic (exact) mass is 293 g/mol. The average Bonchev–Trinajstić information content (AvgIpc) is 3.02. The average molecular weight is 293 g/mol. The second-order valence-electron chi connectivity index (χ2n) is 5.10. The molecule has 1 aliphatic rings. The Balaban J connectivity index is 1.79. The van der Waals surface area contributed by atoms with Gasteiger partial charge in [-0.1, -0.05) is 36.4 Å². The van der Waals surface area contributed by atoms with E-state index in [0.29, 0.717) is 0 Å². The highest BCUT2D eigenvalue weighted by Crippen LogP contribution is 2.48. The molecule has 5 rings (SSSR count). The lowest BCUT2D eigenvalue weighted by Gasteiger charge is -2.15. The van der Waals surface area contributed by atoms with E-state index in [9.17, 15) is 0 Å². The van der Waals surface area contributed by atoms with Crippen LogP contribution in [-0.2, 0) is 6.42 Å². The van der Waals surface area contributed by atoms with Crippen molar-refractivity contribution < 1.29 is 0 Å². The zero-order valence-corrected chi connectivity index (χ0v) is 12.3. The number of fused-ring (bicyclic) bond motifs is 6. The van der Waals surface area contributed by atoms with Crippen LogP contribution in [0.4, 0.5) is 10.7 Å². The highest BCUT2D eigenvalue weighted by Gasteiger charge is 2.23. The van der Waals surface area contributed by atoms with Crippen molar-refractivity contribution in [2.75, 3.05) is 5.32 Å². The van der Waals surface area contributed by atoms with E-state index in [1.165, 1.54) is 41.3 Å². The van der Waals surface area contributed by atoms with Crippen molar-refractivity contribution in [3.05, 3.63) is 59.0 Å².